The average Bonchev–Trinajstić information content (AvgIpc) is 2.97. The predicted octanol–water partition coefficient (Wildman–Crippen LogP) is 0.442. The lowest BCUT2D eigenvalue weighted by Gasteiger charge is -2.29. The highest BCUT2D eigenvalue weighted by atomic mass is 32.2. The van der Waals surface area contributed by atoms with Crippen molar-refractivity contribution < 1.29 is 18.0 Å². The molecule has 0 bridgehead atoms. The van der Waals surface area contributed by atoms with E-state index in [0.29, 0.717) is 12.8 Å². The minimum absolute atomic E-state index is 0.00242. The molecule has 0 radical (unpaired) electrons. The molecule has 0 spiro atoms. The number of carbonyl (C=O) groups excluding carboxylic acids is 2. The molecule has 1 N–H and O–H groups in total. The molecule has 122 valence electrons. The van der Waals surface area contributed by atoms with Crippen LogP contribution in [0.1, 0.15) is 18.9 Å². The van der Waals surface area contributed by atoms with Crippen LogP contribution in [0, 0.1) is 0 Å². The molecule has 1 aliphatic heterocycles. The van der Waals surface area contributed by atoms with Crippen molar-refractivity contribution in [3.8, 4) is 0 Å². The molecule has 1 fully saturated rings. The van der Waals surface area contributed by atoms with Crippen molar-refractivity contribution in [2.24, 2.45) is 0 Å². The van der Waals surface area contributed by atoms with Gasteiger partial charge in [0.15, 0.2) is 9.84 Å². The number of nitrogens with one attached hydrogen (secondary N) is 1. The second-order valence-corrected chi connectivity index (χ2v) is 8.48. The van der Waals surface area contributed by atoms with Gasteiger partial charge in [-0.25, -0.2) is 8.42 Å². The SMILES string of the molecule is C[C@@H](NC(=O)CCc1ccsc1)C(=O)N1CCS(=O)(=O)CC1. The Morgan fingerprint density at radius 2 is 2.05 bits per heavy atom. The van der Waals surface area contributed by atoms with E-state index in [9.17, 15) is 18.0 Å². The highest BCUT2D eigenvalue weighted by Crippen LogP contribution is 2.09. The Morgan fingerprint density at radius 3 is 2.64 bits per heavy atom. The van der Waals surface area contributed by atoms with Crippen LogP contribution in [0.2, 0.25) is 0 Å². The van der Waals surface area contributed by atoms with Crippen molar-refractivity contribution in [3.63, 3.8) is 0 Å². The van der Waals surface area contributed by atoms with Gasteiger partial charge in [0.1, 0.15) is 6.04 Å². The molecule has 1 atom stereocenters. The van der Waals surface area contributed by atoms with Crippen molar-refractivity contribution in [3.05, 3.63) is 22.4 Å². The Morgan fingerprint density at radius 1 is 1.36 bits per heavy atom. The van der Waals surface area contributed by atoms with Crippen LogP contribution in [0.5, 0.6) is 0 Å². The van der Waals surface area contributed by atoms with Gasteiger partial charge in [-0.3, -0.25) is 9.59 Å². The Bertz CT molecular complexity index is 611. The topological polar surface area (TPSA) is 83.6 Å². The molecule has 22 heavy (non-hydrogen) atoms. The maximum Gasteiger partial charge on any atom is 0.244 e. The highest BCUT2D eigenvalue weighted by Gasteiger charge is 2.28. The number of hydrogen-bond donors (Lipinski definition) is 1. The zero-order valence-electron chi connectivity index (χ0n) is 12.4. The Labute approximate surface area is 134 Å². The van der Waals surface area contributed by atoms with Crippen LogP contribution < -0.4 is 5.32 Å². The van der Waals surface area contributed by atoms with Gasteiger partial charge in [0, 0.05) is 19.5 Å². The summed E-state index contributed by atoms with van der Waals surface area (Å²) < 4.78 is 22.7. The monoisotopic (exact) mass is 344 g/mol. The number of nitrogens with zero attached hydrogens (tertiary/aromatic N) is 1. The summed E-state index contributed by atoms with van der Waals surface area (Å²) in [6.07, 6.45) is 0.987. The minimum Gasteiger partial charge on any atom is -0.345 e. The fourth-order valence-electron chi connectivity index (χ4n) is 2.27. The van der Waals surface area contributed by atoms with E-state index in [1.165, 1.54) is 4.90 Å². The van der Waals surface area contributed by atoms with E-state index >= 15 is 0 Å². The van der Waals surface area contributed by atoms with Gasteiger partial charge in [0.25, 0.3) is 0 Å². The van der Waals surface area contributed by atoms with Crippen molar-refractivity contribution >= 4 is 33.0 Å². The molecule has 1 saturated heterocycles. The minimum atomic E-state index is -3.01. The molecule has 6 nitrogen and oxygen atoms in total. The number of aryl methyl sites for hydroxylation is 1. The molecule has 0 aliphatic carbocycles. The summed E-state index contributed by atoms with van der Waals surface area (Å²) in [5, 5.41) is 6.64. The van der Waals surface area contributed by atoms with Crippen molar-refractivity contribution in [2.75, 3.05) is 24.6 Å². The third kappa shape index (κ3) is 4.81. The summed E-state index contributed by atoms with van der Waals surface area (Å²) in [7, 11) is -3.01. The molecule has 2 rings (SSSR count). The largest absolute Gasteiger partial charge is 0.345 e. The lowest BCUT2D eigenvalue weighted by molar-refractivity contribution is -0.135. The van der Waals surface area contributed by atoms with E-state index in [1.54, 1.807) is 18.3 Å². The van der Waals surface area contributed by atoms with Gasteiger partial charge in [-0.2, -0.15) is 11.3 Å². The predicted molar refractivity (Wildman–Crippen MR) is 85.5 cm³/mol. The van der Waals surface area contributed by atoms with Crippen molar-refractivity contribution in [2.45, 2.75) is 25.8 Å². The molecule has 0 aromatic carbocycles. The third-order valence-corrected chi connectivity index (χ3v) is 5.97. The fraction of sp³-hybridized carbons (Fsp3) is 0.571. The summed E-state index contributed by atoms with van der Waals surface area (Å²) in [5.74, 6) is -0.398. The number of hydrogen-bond acceptors (Lipinski definition) is 5. The van der Waals surface area contributed by atoms with Crippen molar-refractivity contribution in [1.29, 1.82) is 0 Å². The van der Waals surface area contributed by atoms with Gasteiger partial charge in [0.05, 0.1) is 11.5 Å². The Balaban J connectivity index is 1.77. The normalized spacial score (nSPS) is 18.7. The summed E-state index contributed by atoms with van der Waals surface area (Å²) in [6, 6.07) is 1.34. The lowest BCUT2D eigenvalue weighted by atomic mass is 10.2. The van der Waals surface area contributed by atoms with Crippen LogP contribution in [-0.4, -0.2) is 55.8 Å². The molecule has 8 heteroatoms. The van der Waals surface area contributed by atoms with Gasteiger partial charge in [0.2, 0.25) is 11.8 Å². The van der Waals surface area contributed by atoms with E-state index < -0.39 is 15.9 Å². The maximum atomic E-state index is 12.2. The van der Waals surface area contributed by atoms with E-state index in [0.717, 1.165) is 5.56 Å². The van der Waals surface area contributed by atoms with Gasteiger partial charge >= 0.3 is 0 Å². The number of amides is 2. The summed E-state index contributed by atoms with van der Waals surface area (Å²) >= 11 is 1.59. The highest BCUT2D eigenvalue weighted by molar-refractivity contribution is 7.91. The number of rotatable bonds is 5. The average molecular weight is 344 g/mol. The van der Waals surface area contributed by atoms with E-state index in [2.05, 4.69) is 5.32 Å². The molecule has 0 saturated carbocycles. The fourth-order valence-corrected chi connectivity index (χ4v) is 4.18. The zero-order valence-corrected chi connectivity index (χ0v) is 14.1. The molecule has 1 aromatic rings. The van der Waals surface area contributed by atoms with E-state index in [4.69, 9.17) is 0 Å². The Kier molecular flexibility index (Phi) is 5.57. The van der Waals surface area contributed by atoms with Gasteiger partial charge in [-0.15, -0.1) is 0 Å². The van der Waals surface area contributed by atoms with Crippen LogP contribution in [0.3, 0.4) is 0 Å². The zero-order chi connectivity index (χ0) is 16.2. The second kappa shape index (κ2) is 7.23. The molecule has 2 amide bonds. The number of carbonyl (C=O) groups is 2. The van der Waals surface area contributed by atoms with Crippen LogP contribution in [0.25, 0.3) is 0 Å². The van der Waals surface area contributed by atoms with E-state index in [1.807, 2.05) is 16.8 Å². The summed E-state index contributed by atoms with van der Waals surface area (Å²) in [5.41, 5.74) is 1.11. The number of sulfone groups is 1. The maximum absolute atomic E-state index is 12.2. The molecular formula is C14H20N2O4S2. The van der Waals surface area contributed by atoms with Crippen LogP contribution in [0.15, 0.2) is 16.8 Å². The summed E-state index contributed by atoms with van der Waals surface area (Å²) in [6.45, 7) is 2.04. The molecule has 0 unspecified atom stereocenters. The number of thiophene rings is 1. The summed E-state index contributed by atoms with van der Waals surface area (Å²) in [4.78, 5) is 25.6. The Hall–Kier alpha value is -1.41. The lowest BCUT2D eigenvalue weighted by Crippen LogP contribution is -2.51. The van der Waals surface area contributed by atoms with E-state index in [-0.39, 0.29) is 36.4 Å². The van der Waals surface area contributed by atoms with Gasteiger partial charge in [-0.05, 0) is 35.7 Å². The van der Waals surface area contributed by atoms with Gasteiger partial charge < -0.3 is 10.2 Å². The molecule has 2 heterocycles. The van der Waals surface area contributed by atoms with Crippen LogP contribution >= 0.6 is 11.3 Å². The first-order valence-corrected chi connectivity index (χ1v) is 9.93. The molecule has 1 aromatic heterocycles. The first kappa shape index (κ1) is 17.0. The van der Waals surface area contributed by atoms with Gasteiger partial charge in [-0.1, -0.05) is 0 Å². The third-order valence-electron chi connectivity index (χ3n) is 3.62. The smallest absolute Gasteiger partial charge is 0.244 e. The second-order valence-electron chi connectivity index (χ2n) is 5.40. The first-order valence-electron chi connectivity index (χ1n) is 7.17. The molecular weight excluding hydrogens is 324 g/mol. The standard InChI is InChI=1S/C14H20N2O4S2/c1-11(14(18)16-5-8-22(19,20)9-6-16)15-13(17)3-2-12-4-7-21-10-12/h4,7,10-11H,2-3,5-6,8-9H2,1H3,(H,15,17)/t11-/m1/s1. The van der Waals surface area contributed by atoms with Crippen LogP contribution in [-0.2, 0) is 25.8 Å². The van der Waals surface area contributed by atoms with Crippen LogP contribution in [0.4, 0.5) is 0 Å². The quantitative estimate of drug-likeness (QED) is 0.840. The first-order chi connectivity index (χ1) is 10.4. The molecule has 1 aliphatic rings. The van der Waals surface area contributed by atoms with Crippen molar-refractivity contribution in [1.82, 2.24) is 10.2 Å².